The normalized spacial score (nSPS) is 22.4. The Morgan fingerprint density at radius 1 is 1.00 bits per heavy atom. The summed E-state index contributed by atoms with van der Waals surface area (Å²) in [5.74, 6) is 0.892. The molecule has 1 fully saturated rings. The van der Waals surface area contributed by atoms with Gasteiger partial charge in [-0.15, -0.1) is 0 Å². The molecule has 34 heavy (non-hydrogen) atoms. The van der Waals surface area contributed by atoms with Crippen molar-refractivity contribution in [3.63, 3.8) is 0 Å². The summed E-state index contributed by atoms with van der Waals surface area (Å²) in [4.78, 5) is 17.8. The van der Waals surface area contributed by atoms with Crippen LogP contribution >= 0.6 is 0 Å². The van der Waals surface area contributed by atoms with E-state index in [0.29, 0.717) is 42.3 Å². The molecule has 0 spiro atoms. The number of halogens is 1. The lowest BCUT2D eigenvalue weighted by Crippen LogP contribution is -2.51. The Bertz CT molecular complexity index is 969. The van der Waals surface area contributed by atoms with Crippen LogP contribution in [-0.4, -0.2) is 68.3 Å². The molecule has 2 aromatic carbocycles. The average Bonchev–Trinajstić information content (AvgIpc) is 2.87. The van der Waals surface area contributed by atoms with Gasteiger partial charge in [0.2, 0.25) is 0 Å². The molecule has 2 aromatic rings. The first-order chi connectivity index (χ1) is 16.6. The number of methoxy groups -OCH3 is 2. The fourth-order valence-electron chi connectivity index (χ4n) is 5.17. The van der Waals surface area contributed by atoms with E-state index in [1.54, 1.807) is 26.4 Å². The molecule has 0 saturated carbocycles. The third kappa shape index (κ3) is 5.53. The van der Waals surface area contributed by atoms with Crippen LogP contribution in [0.1, 0.15) is 48.0 Å². The highest BCUT2D eigenvalue weighted by molar-refractivity contribution is 5.97. The van der Waals surface area contributed by atoms with Crippen LogP contribution in [-0.2, 0) is 11.3 Å². The quantitative estimate of drug-likeness (QED) is 0.658. The minimum Gasteiger partial charge on any atom is -0.496 e. The maximum Gasteiger partial charge on any atom is 0.257 e. The van der Waals surface area contributed by atoms with E-state index >= 15 is 0 Å². The molecule has 4 rings (SSSR count). The van der Waals surface area contributed by atoms with Gasteiger partial charge in [-0.2, -0.15) is 0 Å². The first kappa shape index (κ1) is 24.5. The maximum absolute atomic E-state index is 14.6. The Balaban J connectivity index is 1.58. The SMILES string of the molecule is COc1cccc(F)c1CN1CCCC[C@@H]2[C@H](OC)CCCN2C(=O)c2ccccc2OCC1. The number of para-hydroxylation sites is 1. The average molecular weight is 471 g/mol. The van der Waals surface area contributed by atoms with E-state index in [9.17, 15) is 9.18 Å². The molecule has 2 aliphatic rings. The molecule has 0 N–H and O–H groups in total. The van der Waals surface area contributed by atoms with Gasteiger partial charge in [0, 0.05) is 32.3 Å². The smallest absolute Gasteiger partial charge is 0.257 e. The topological polar surface area (TPSA) is 51.2 Å². The van der Waals surface area contributed by atoms with Crippen molar-refractivity contribution in [2.75, 3.05) is 40.5 Å². The molecule has 0 unspecified atom stereocenters. The van der Waals surface area contributed by atoms with E-state index in [-0.39, 0.29) is 23.9 Å². The molecule has 1 saturated heterocycles. The Labute approximate surface area is 201 Å². The molecule has 2 aliphatic heterocycles. The zero-order chi connectivity index (χ0) is 23.9. The molecule has 184 valence electrons. The summed E-state index contributed by atoms with van der Waals surface area (Å²) in [6, 6.07) is 12.4. The van der Waals surface area contributed by atoms with Gasteiger partial charge in [-0.05, 0) is 56.5 Å². The lowest BCUT2D eigenvalue weighted by molar-refractivity contribution is -0.0155. The van der Waals surface area contributed by atoms with Gasteiger partial charge in [0.05, 0.1) is 24.8 Å². The Morgan fingerprint density at radius 2 is 1.85 bits per heavy atom. The summed E-state index contributed by atoms with van der Waals surface area (Å²) < 4.78 is 31.9. The van der Waals surface area contributed by atoms with Gasteiger partial charge in [0.1, 0.15) is 23.9 Å². The van der Waals surface area contributed by atoms with Crippen molar-refractivity contribution >= 4 is 5.91 Å². The molecule has 7 heteroatoms. The molecule has 0 aromatic heterocycles. The molecule has 2 heterocycles. The van der Waals surface area contributed by atoms with E-state index in [0.717, 1.165) is 45.2 Å². The highest BCUT2D eigenvalue weighted by atomic mass is 19.1. The van der Waals surface area contributed by atoms with Crippen LogP contribution in [0.5, 0.6) is 11.5 Å². The van der Waals surface area contributed by atoms with E-state index in [4.69, 9.17) is 14.2 Å². The van der Waals surface area contributed by atoms with E-state index < -0.39 is 0 Å². The fraction of sp³-hybridized carbons (Fsp3) is 0.519. The Kier molecular flexibility index (Phi) is 8.40. The predicted octanol–water partition coefficient (Wildman–Crippen LogP) is 4.52. The molecule has 0 radical (unpaired) electrons. The number of amides is 1. The number of carbonyl (C=O) groups is 1. The number of rotatable bonds is 4. The van der Waals surface area contributed by atoms with Crippen LogP contribution in [0.4, 0.5) is 4.39 Å². The lowest BCUT2D eigenvalue weighted by atomic mass is 9.93. The summed E-state index contributed by atoms with van der Waals surface area (Å²) in [5, 5.41) is 0. The molecule has 0 aliphatic carbocycles. The van der Waals surface area contributed by atoms with Crippen molar-refractivity contribution in [1.82, 2.24) is 9.80 Å². The van der Waals surface area contributed by atoms with Crippen LogP contribution in [0.3, 0.4) is 0 Å². The summed E-state index contributed by atoms with van der Waals surface area (Å²) in [5.41, 5.74) is 1.15. The summed E-state index contributed by atoms with van der Waals surface area (Å²) >= 11 is 0. The van der Waals surface area contributed by atoms with Gasteiger partial charge in [-0.3, -0.25) is 9.69 Å². The van der Waals surface area contributed by atoms with Crippen molar-refractivity contribution < 1.29 is 23.4 Å². The van der Waals surface area contributed by atoms with Crippen LogP contribution in [0.25, 0.3) is 0 Å². The molecular weight excluding hydrogens is 435 g/mol. The number of piperidine rings is 1. The van der Waals surface area contributed by atoms with Gasteiger partial charge in [-0.1, -0.05) is 24.6 Å². The summed E-state index contributed by atoms with van der Waals surface area (Å²) in [6.07, 6.45) is 4.71. The van der Waals surface area contributed by atoms with Crippen LogP contribution < -0.4 is 9.47 Å². The van der Waals surface area contributed by atoms with E-state index in [1.807, 2.05) is 29.2 Å². The molecule has 1 amide bonds. The summed E-state index contributed by atoms with van der Waals surface area (Å²) in [7, 11) is 3.30. The van der Waals surface area contributed by atoms with E-state index in [1.165, 1.54) is 6.07 Å². The van der Waals surface area contributed by atoms with Crippen molar-refractivity contribution in [3.05, 3.63) is 59.4 Å². The second kappa shape index (κ2) is 11.7. The second-order valence-corrected chi connectivity index (χ2v) is 9.02. The number of hydrogen-bond donors (Lipinski definition) is 0. The lowest BCUT2D eigenvalue weighted by Gasteiger charge is -2.41. The zero-order valence-electron chi connectivity index (χ0n) is 20.2. The predicted molar refractivity (Wildman–Crippen MR) is 129 cm³/mol. The third-order valence-corrected chi connectivity index (χ3v) is 6.97. The van der Waals surface area contributed by atoms with E-state index in [2.05, 4.69) is 4.90 Å². The van der Waals surface area contributed by atoms with Gasteiger partial charge in [0.25, 0.3) is 5.91 Å². The molecule has 6 nitrogen and oxygen atoms in total. The molecule has 0 bridgehead atoms. The molecule has 2 atom stereocenters. The van der Waals surface area contributed by atoms with Crippen molar-refractivity contribution in [2.45, 2.75) is 50.8 Å². The highest BCUT2D eigenvalue weighted by Crippen LogP contribution is 2.29. The first-order valence-electron chi connectivity index (χ1n) is 12.2. The number of hydrogen-bond acceptors (Lipinski definition) is 5. The fourth-order valence-corrected chi connectivity index (χ4v) is 5.17. The first-order valence-corrected chi connectivity index (χ1v) is 12.2. The number of nitrogens with zero attached hydrogens (tertiary/aromatic N) is 2. The van der Waals surface area contributed by atoms with Crippen LogP contribution in [0.15, 0.2) is 42.5 Å². The molecular formula is C27H35FN2O4. The minimum absolute atomic E-state index is 0.00884. The largest absolute Gasteiger partial charge is 0.496 e. The zero-order valence-corrected chi connectivity index (χ0v) is 20.2. The van der Waals surface area contributed by atoms with Crippen molar-refractivity contribution in [3.8, 4) is 11.5 Å². The van der Waals surface area contributed by atoms with Crippen molar-refractivity contribution in [2.24, 2.45) is 0 Å². The minimum atomic E-state index is -0.264. The maximum atomic E-state index is 14.6. The third-order valence-electron chi connectivity index (χ3n) is 6.97. The standard InChI is InChI=1S/C27H35FN2O4/c1-32-24-13-7-10-22(28)21(24)19-29-15-6-5-11-23-26(33-2)14-8-16-30(23)27(31)20-9-3-4-12-25(20)34-18-17-29/h3-4,7,9-10,12-13,23,26H,5-6,8,11,14-19H2,1-2H3/t23-,26-/m1/s1. The van der Waals surface area contributed by atoms with Gasteiger partial charge in [0.15, 0.2) is 0 Å². The van der Waals surface area contributed by atoms with Crippen LogP contribution in [0.2, 0.25) is 0 Å². The Morgan fingerprint density at radius 3 is 2.68 bits per heavy atom. The van der Waals surface area contributed by atoms with Gasteiger partial charge < -0.3 is 19.1 Å². The Hall–Kier alpha value is -2.64. The summed E-state index contributed by atoms with van der Waals surface area (Å²) in [6.45, 7) is 3.01. The van der Waals surface area contributed by atoms with Gasteiger partial charge in [-0.25, -0.2) is 4.39 Å². The highest BCUT2D eigenvalue weighted by Gasteiger charge is 2.35. The number of benzene rings is 2. The monoisotopic (exact) mass is 470 g/mol. The van der Waals surface area contributed by atoms with Crippen LogP contribution in [0, 0.1) is 5.82 Å². The number of fused-ring (bicyclic) bond motifs is 2. The van der Waals surface area contributed by atoms with Gasteiger partial charge >= 0.3 is 0 Å². The second-order valence-electron chi connectivity index (χ2n) is 9.02. The number of carbonyl (C=O) groups excluding carboxylic acids is 1. The number of ether oxygens (including phenoxy) is 3. The van der Waals surface area contributed by atoms with Crippen molar-refractivity contribution in [1.29, 1.82) is 0 Å².